The number of ether oxygens (including phenoxy) is 2. The summed E-state index contributed by atoms with van der Waals surface area (Å²) < 4.78 is 11.1. The van der Waals surface area contributed by atoms with E-state index in [9.17, 15) is 0 Å². The molecule has 0 aliphatic carbocycles. The third kappa shape index (κ3) is 4.98. The summed E-state index contributed by atoms with van der Waals surface area (Å²) in [5, 5.41) is 0. The number of para-hydroxylation sites is 1. The molecule has 0 atom stereocenters. The van der Waals surface area contributed by atoms with Gasteiger partial charge in [0.25, 0.3) is 0 Å². The molecule has 102 valence electrons. The first-order valence-corrected chi connectivity index (χ1v) is 5.73. The molecule has 4 heteroatoms. The molecule has 1 rings (SSSR count). The molecule has 1 aromatic rings. The molecule has 1 aromatic carbocycles. The molecule has 0 aromatic heterocycles. The van der Waals surface area contributed by atoms with E-state index in [4.69, 9.17) is 9.47 Å². The number of rotatable bonds is 7. The number of benzene rings is 1. The van der Waals surface area contributed by atoms with Gasteiger partial charge in [-0.15, -0.1) is 19.0 Å². The van der Waals surface area contributed by atoms with Crippen molar-refractivity contribution in [2.24, 2.45) is 0 Å². The summed E-state index contributed by atoms with van der Waals surface area (Å²) in [4.78, 5) is 2.09. The molecule has 0 fully saturated rings. The third-order valence-electron chi connectivity index (χ3n) is 2.43. The van der Waals surface area contributed by atoms with Crippen molar-refractivity contribution in [1.82, 2.24) is 4.90 Å². The second-order valence-electron chi connectivity index (χ2n) is 4.09. The molecule has 0 N–H and O–H groups in total. The Morgan fingerprint density at radius 3 is 2.61 bits per heavy atom. The van der Waals surface area contributed by atoms with Crippen LogP contribution in [0.15, 0.2) is 30.9 Å². The van der Waals surface area contributed by atoms with E-state index in [1.807, 2.05) is 38.4 Å². The van der Waals surface area contributed by atoms with E-state index in [2.05, 4.69) is 11.5 Å². The van der Waals surface area contributed by atoms with Crippen LogP contribution < -0.4 is 9.47 Å². The minimum atomic E-state index is 0. The van der Waals surface area contributed by atoms with Crippen LogP contribution in [0.4, 0.5) is 0 Å². The highest BCUT2D eigenvalue weighted by Crippen LogP contribution is 2.31. The number of allylic oxidation sites excluding steroid dienone is 1. The van der Waals surface area contributed by atoms with Crippen LogP contribution in [0.1, 0.15) is 5.56 Å². The summed E-state index contributed by atoms with van der Waals surface area (Å²) in [5.41, 5.74) is 1.11. The minimum absolute atomic E-state index is 0. The van der Waals surface area contributed by atoms with E-state index in [0.717, 1.165) is 30.0 Å². The first-order valence-electron chi connectivity index (χ1n) is 5.73. The van der Waals surface area contributed by atoms with Crippen LogP contribution in [0.25, 0.3) is 0 Å². The highest BCUT2D eigenvalue weighted by atomic mass is 35.5. The summed E-state index contributed by atoms with van der Waals surface area (Å²) in [6, 6.07) is 5.92. The van der Waals surface area contributed by atoms with Crippen molar-refractivity contribution >= 4 is 12.4 Å². The van der Waals surface area contributed by atoms with Crippen molar-refractivity contribution in [2.75, 3.05) is 34.4 Å². The normalized spacial score (nSPS) is 9.78. The van der Waals surface area contributed by atoms with Crippen LogP contribution >= 0.6 is 12.4 Å². The Bertz CT molecular complexity index is 367. The lowest BCUT2D eigenvalue weighted by Crippen LogP contribution is -2.19. The summed E-state index contributed by atoms with van der Waals surface area (Å²) in [5.74, 6) is 1.61. The predicted molar refractivity (Wildman–Crippen MR) is 78.2 cm³/mol. The Labute approximate surface area is 116 Å². The maximum Gasteiger partial charge on any atom is 0.164 e. The molecule has 0 spiro atoms. The van der Waals surface area contributed by atoms with Crippen LogP contribution in [0.3, 0.4) is 0 Å². The third-order valence-corrected chi connectivity index (χ3v) is 2.43. The van der Waals surface area contributed by atoms with Crippen LogP contribution in [-0.2, 0) is 6.42 Å². The monoisotopic (exact) mass is 271 g/mol. The molecular weight excluding hydrogens is 250 g/mol. The van der Waals surface area contributed by atoms with E-state index in [0.29, 0.717) is 6.61 Å². The Morgan fingerprint density at radius 2 is 2.06 bits per heavy atom. The zero-order valence-corrected chi connectivity index (χ0v) is 12.1. The van der Waals surface area contributed by atoms with Gasteiger partial charge in [0.1, 0.15) is 6.61 Å². The van der Waals surface area contributed by atoms with Crippen LogP contribution in [0, 0.1) is 0 Å². The maximum absolute atomic E-state index is 5.81. The van der Waals surface area contributed by atoms with Crippen molar-refractivity contribution in [3.8, 4) is 11.5 Å². The van der Waals surface area contributed by atoms with E-state index in [-0.39, 0.29) is 12.4 Å². The molecule has 3 nitrogen and oxygen atoms in total. The molecule has 0 saturated heterocycles. The molecule has 0 aliphatic heterocycles. The van der Waals surface area contributed by atoms with Crippen LogP contribution in [-0.4, -0.2) is 39.3 Å². The fourth-order valence-electron chi connectivity index (χ4n) is 1.53. The van der Waals surface area contributed by atoms with Gasteiger partial charge >= 0.3 is 0 Å². The minimum Gasteiger partial charge on any atom is -0.493 e. The first kappa shape index (κ1) is 16.8. The smallest absolute Gasteiger partial charge is 0.164 e. The van der Waals surface area contributed by atoms with E-state index in [1.165, 1.54) is 0 Å². The number of likely N-dealkylation sites (N-methyl/N-ethyl adjacent to an activating group) is 1. The predicted octanol–water partition coefficient (Wildman–Crippen LogP) is 2.79. The molecule has 0 bridgehead atoms. The number of methoxy groups -OCH3 is 1. The van der Waals surface area contributed by atoms with Gasteiger partial charge in [0.05, 0.1) is 7.11 Å². The Hall–Kier alpha value is -1.19. The second kappa shape index (κ2) is 8.84. The lowest BCUT2D eigenvalue weighted by molar-refractivity contribution is 0.249. The maximum atomic E-state index is 5.81. The zero-order valence-electron chi connectivity index (χ0n) is 11.3. The first-order chi connectivity index (χ1) is 8.19. The van der Waals surface area contributed by atoms with Gasteiger partial charge in [0.15, 0.2) is 11.5 Å². The van der Waals surface area contributed by atoms with Gasteiger partial charge < -0.3 is 14.4 Å². The fraction of sp³-hybridized carbons (Fsp3) is 0.429. The van der Waals surface area contributed by atoms with Crippen molar-refractivity contribution < 1.29 is 9.47 Å². The SMILES string of the molecule is C=CCc1cccc(OC)c1OCCN(C)C.Cl. The van der Waals surface area contributed by atoms with Crippen LogP contribution in [0.2, 0.25) is 0 Å². The highest BCUT2D eigenvalue weighted by Gasteiger charge is 2.09. The largest absolute Gasteiger partial charge is 0.493 e. The number of hydrogen-bond donors (Lipinski definition) is 0. The second-order valence-corrected chi connectivity index (χ2v) is 4.09. The van der Waals surface area contributed by atoms with E-state index < -0.39 is 0 Å². The lowest BCUT2D eigenvalue weighted by Gasteiger charge is -2.16. The fourth-order valence-corrected chi connectivity index (χ4v) is 1.53. The summed E-state index contributed by atoms with van der Waals surface area (Å²) in [6.45, 7) is 5.29. The molecular formula is C14H22ClNO2. The van der Waals surface area contributed by atoms with Gasteiger partial charge in [-0.3, -0.25) is 0 Å². The van der Waals surface area contributed by atoms with Crippen LogP contribution in [0.5, 0.6) is 11.5 Å². The molecule has 0 heterocycles. The molecule has 0 radical (unpaired) electrons. The van der Waals surface area contributed by atoms with Gasteiger partial charge in [-0.2, -0.15) is 0 Å². The summed E-state index contributed by atoms with van der Waals surface area (Å²) in [7, 11) is 5.71. The van der Waals surface area contributed by atoms with Gasteiger partial charge in [-0.1, -0.05) is 18.2 Å². The van der Waals surface area contributed by atoms with Gasteiger partial charge in [0, 0.05) is 12.1 Å². The molecule has 0 aliphatic rings. The highest BCUT2D eigenvalue weighted by molar-refractivity contribution is 5.85. The summed E-state index contributed by atoms with van der Waals surface area (Å²) in [6.07, 6.45) is 2.65. The van der Waals surface area contributed by atoms with Gasteiger partial charge in [-0.25, -0.2) is 0 Å². The number of hydrogen-bond acceptors (Lipinski definition) is 3. The van der Waals surface area contributed by atoms with Crippen molar-refractivity contribution in [3.05, 3.63) is 36.4 Å². The lowest BCUT2D eigenvalue weighted by atomic mass is 10.1. The molecule has 18 heavy (non-hydrogen) atoms. The Kier molecular flexibility index (Phi) is 8.25. The van der Waals surface area contributed by atoms with E-state index in [1.54, 1.807) is 7.11 Å². The van der Waals surface area contributed by atoms with Gasteiger partial charge in [0.2, 0.25) is 0 Å². The molecule has 0 unspecified atom stereocenters. The summed E-state index contributed by atoms with van der Waals surface area (Å²) >= 11 is 0. The average Bonchev–Trinajstić information content (AvgIpc) is 2.30. The average molecular weight is 272 g/mol. The topological polar surface area (TPSA) is 21.7 Å². The number of nitrogens with zero attached hydrogens (tertiary/aromatic N) is 1. The van der Waals surface area contributed by atoms with Gasteiger partial charge in [-0.05, 0) is 26.6 Å². The molecule has 0 amide bonds. The molecule has 0 saturated carbocycles. The van der Waals surface area contributed by atoms with Crippen molar-refractivity contribution in [3.63, 3.8) is 0 Å². The zero-order chi connectivity index (χ0) is 12.7. The van der Waals surface area contributed by atoms with E-state index >= 15 is 0 Å². The Balaban J connectivity index is 0.00000289. The van der Waals surface area contributed by atoms with Crippen molar-refractivity contribution in [1.29, 1.82) is 0 Å². The van der Waals surface area contributed by atoms with Crippen molar-refractivity contribution in [2.45, 2.75) is 6.42 Å². The Morgan fingerprint density at radius 1 is 1.33 bits per heavy atom. The quantitative estimate of drug-likeness (QED) is 0.712. The number of halogens is 1. The standard InChI is InChI=1S/C14H21NO2.ClH/c1-5-7-12-8-6-9-13(16-4)14(12)17-11-10-15(2)3;/h5-6,8-9H,1,7,10-11H2,2-4H3;1H.